The molecular weight excluding hydrogens is 232 g/mol. The summed E-state index contributed by atoms with van der Waals surface area (Å²) in [4.78, 5) is 10.4. The van der Waals surface area contributed by atoms with E-state index in [9.17, 15) is 13.2 Å². The summed E-state index contributed by atoms with van der Waals surface area (Å²) in [5, 5.41) is 11.5. The normalized spacial score (nSPS) is 13.6. The Morgan fingerprint density at radius 3 is 2.75 bits per heavy atom. The quantitative estimate of drug-likeness (QED) is 0.772. The SMILES string of the molecule is CC(CC(=O)O)S(=O)(=O)CCn1cccn1. The lowest BCUT2D eigenvalue weighted by Crippen LogP contribution is -2.26. The standard InChI is InChI=1S/C9H14N2O4S/c1-8(7-9(12)13)16(14,15)6-5-11-4-2-3-10-11/h2-4,8H,5-7H2,1H3,(H,12,13). The Morgan fingerprint density at radius 1 is 1.56 bits per heavy atom. The Hall–Kier alpha value is -1.37. The maximum absolute atomic E-state index is 11.7. The van der Waals surface area contributed by atoms with E-state index >= 15 is 0 Å². The molecule has 1 heterocycles. The van der Waals surface area contributed by atoms with Crippen molar-refractivity contribution in [3.8, 4) is 0 Å². The third kappa shape index (κ3) is 3.65. The molecule has 1 aromatic rings. The van der Waals surface area contributed by atoms with E-state index in [4.69, 9.17) is 5.11 Å². The number of aliphatic carboxylic acids is 1. The highest BCUT2D eigenvalue weighted by Crippen LogP contribution is 2.07. The number of aryl methyl sites for hydroxylation is 1. The number of carbonyl (C=O) groups is 1. The van der Waals surface area contributed by atoms with Gasteiger partial charge in [0, 0.05) is 12.4 Å². The van der Waals surface area contributed by atoms with Crippen LogP contribution in [0.4, 0.5) is 0 Å². The molecule has 0 spiro atoms. The molecule has 1 N–H and O–H groups in total. The van der Waals surface area contributed by atoms with Crippen molar-refractivity contribution >= 4 is 15.8 Å². The van der Waals surface area contributed by atoms with Crippen LogP contribution in [0.1, 0.15) is 13.3 Å². The van der Waals surface area contributed by atoms with Crippen molar-refractivity contribution in [1.29, 1.82) is 0 Å². The summed E-state index contributed by atoms with van der Waals surface area (Å²) in [7, 11) is -3.37. The zero-order valence-corrected chi connectivity index (χ0v) is 9.72. The molecule has 0 radical (unpaired) electrons. The van der Waals surface area contributed by atoms with E-state index in [0.717, 1.165) is 0 Å². The molecule has 1 atom stereocenters. The van der Waals surface area contributed by atoms with E-state index in [1.54, 1.807) is 18.5 Å². The van der Waals surface area contributed by atoms with Gasteiger partial charge >= 0.3 is 5.97 Å². The van der Waals surface area contributed by atoms with Crippen molar-refractivity contribution < 1.29 is 18.3 Å². The fraction of sp³-hybridized carbons (Fsp3) is 0.556. The van der Waals surface area contributed by atoms with E-state index in [1.807, 2.05) is 0 Å². The Balaban J connectivity index is 2.54. The lowest BCUT2D eigenvalue weighted by molar-refractivity contribution is -0.136. The van der Waals surface area contributed by atoms with Gasteiger partial charge in [0.25, 0.3) is 0 Å². The van der Waals surface area contributed by atoms with Crippen LogP contribution in [-0.2, 0) is 21.2 Å². The first-order valence-electron chi connectivity index (χ1n) is 4.82. The summed E-state index contributed by atoms with van der Waals surface area (Å²) in [5.41, 5.74) is 0. The van der Waals surface area contributed by atoms with Crippen LogP contribution in [0.25, 0.3) is 0 Å². The first kappa shape index (κ1) is 12.7. The van der Waals surface area contributed by atoms with Gasteiger partial charge in [-0.05, 0) is 13.0 Å². The van der Waals surface area contributed by atoms with E-state index in [0.29, 0.717) is 0 Å². The van der Waals surface area contributed by atoms with Gasteiger partial charge in [-0.25, -0.2) is 8.42 Å². The number of aromatic nitrogens is 2. The number of rotatable bonds is 6. The van der Waals surface area contributed by atoms with Gasteiger partial charge in [0.15, 0.2) is 9.84 Å². The molecule has 0 bridgehead atoms. The summed E-state index contributed by atoms with van der Waals surface area (Å²) in [6.45, 7) is 1.66. The molecule has 7 heteroatoms. The van der Waals surface area contributed by atoms with Gasteiger partial charge < -0.3 is 5.11 Å². The molecule has 1 aromatic heterocycles. The Bertz CT molecular complexity index is 438. The lowest BCUT2D eigenvalue weighted by atomic mass is 10.3. The Kier molecular flexibility index (Phi) is 4.05. The number of carboxylic acid groups (broad SMARTS) is 1. The first-order valence-corrected chi connectivity index (χ1v) is 6.54. The average molecular weight is 246 g/mol. The van der Waals surface area contributed by atoms with E-state index in [-0.39, 0.29) is 18.7 Å². The second-order valence-electron chi connectivity index (χ2n) is 3.54. The molecule has 0 aliphatic rings. The number of nitrogens with zero attached hydrogens (tertiary/aromatic N) is 2. The largest absolute Gasteiger partial charge is 0.481 e. The average Bonchev–Trinajstić information content (AvgIpc) is 2.66. The highest BCUT2D eigenvalue weighted by atomic mass is 32.2. The molecular formula is C9H14N2O4S. The highest BCUT2D eigenvalue weighted by molar-refractivity contribution is 7.92. The highest BCUT2D eigenvalue weighted by Gasteiger charge is 2.23. The van der Waals surface area contributed by atoms with E-state index in [1.165, 1.54) is 11.6 Å². The van der Waals surface area contributed by atoms with Gasteiger partial charge in [-0.3, -0.25) is 9.48 Å². The van der Waals surface area contributed by atoms with Crippen LogP contribution in [0.15, 0.2) is 18.5 Å². The molecule has 1 rings (SSSR count). The van der Waals surface area contributed by atoms with Crippen molar-refractivity contribution in [2.24, 2.45) is 0 Å². The number of hydrogen-bond donors (Lipinski definition) is 1. The fourth-order valence-corrected chi connectivity index (χ4v) is 2.47. The summed E-state index contributed by atoms with van der Waals surface area (Å²) < 4.78 is 24.8. The number of hydrogen-bond acceptors (Lipinski definition) is 4. The van der Waals surface area contributed by atoms with Crippen LogP contribution in [0.5, 0.6) is 0 Å². The molecule has 90 valence electrons. The monoisotopic (exact) mass is 246 g/mol. The summed E-state index contributed by atoms with van der Waals surface area (Å²) in [6.07, 6.45) is 2.87. The predicted molar refractivity (Wildman–Crippen MR) is 57.7 cm³/mol. The smallest absolute Gasteiger partial charge is 0.304 e. The van der Waals surface area contributed by atoms with Gasteiger partial charge in [0.05, 0.1) is 24.0 Å². The second kappa shape index (κ2) is 5.11. The van der Waals surface area contributed by atoms with Gasteiger partial charge in [-0.1, -0.05) is 0 Å². The molecule has 16 heavy (non-hydrogen) atoms. The molecule has 0 aliphatic heterocycles. The van der Waals surface area contributed by atoms with Crippen molar-refractivity contribution in [2.75, 3.05) is 5.75 Å². The van der Waals surface area contributed by atoms with Gasteiger partial charge in [0.2, 0.25) is 0 Å². The first-order chi connectivity index (χ1) is 7.42. The molecule has 0 aliphatic carbocycles. The molecule has 0 fully saturated rings. The van der Waals surface area contributed by atoms with Gasteiger partial charge in [-0.15, -0.1) is 0 Å². The molecule has 0 saturated heterocycles. The molecule has 6 nitrogen and oxygen atoms in total. The third-order valence-corrected chi connectivity index (χ3v) is 4.38. The van der Waals surface area contributed by atoms with Crippen LogP contribution in [0.3, 0.4) is 0 Å². The van der Waals surface area contributed by atoms with Crippen molar-refractivity contribution in [3.63, 3.8) is 0 Å². The number of carboxylic acids is 1. The zero-order chi connectivity index (χ0) is 12.2. The minimum absolute atomic E-state index is 0.0941. The van der Waals surface area contributed by atoms with Crippen LogP contribution in [-0.4, -0.2) is 40.3 Å². The molecule has 0 saturated carbocycles. The molecule has 0 aromatic carbocycles. The lowest BCUT2D eigenvalue weighted by Gasteiger charge is -2.10. The summed E-state index contributed by atoms with van der Waals surface area (Å²) in [5.74, 6) is -1.20. The summed E-state index contributed by atoms with van der Waals surface area (Å²) >= 11 is 0. The zero-order valence-electron chi connectivity index (χ0n) is 8.91. The van der Waals surface area contributed by atoms with Crippen LogP contribution in [0, 0.1) is 0 Å². The molecule has 0 amide bonds. The topological polar surface area (TPSA) is 89.3 Å². The Labute approximate surface area is 93.8 Å². The van der Waals surface area contributed by atoms with Gasteiger partial charge in [-0.2, -0.15) is 5.10 Å². The van der Waals surface area contributed by atoms with Crippen LogP contribution < -0.4 is 0 Å². The number of sulfone groups is 1. The third-order valence-electron chi connectivity index (χ3n) is 2.24. The van der Waals surface area contributed by atoms with Crippen molar-refractivity contribution in [3.05, 3.63) is 18.5 Å². The van der Waals surface area contributed by atoms with Crippen molar-refractivity contribution in [2.45, 2.75) is 25.1 Å². The van der Waals surface area contributed by atoms with Crippen LogP contribution >= 0.6 is 0 Å². The second-order valence-corrected chi connectivity index (χ2v) is 6.08. The van der Waals surface area contributed by atoms with Crippen molar-refractivity contribution in [1.82, 2.24) is 9.78 Å². The maximum Gasteiger partial charge on any atom is 0.304 e. The maximum atomic E-state index is 11.7. The van der Waals surface area contributed by atoms with E-state index < -0.39 is 21.1 Å². The van der Waals surface area contributed by atoms with Crippen LogP contribution in [0.2, 0.25) is 0 Å². The van der Waals surface area contributed by atoms with Gasteiger partial charge in [0.1, 0.15) is 0 Å². The fourth-order valence-electron chi connectivity index (χ4n) is 1.23. The Morgan fingerprint density at radius 2 is 2.25 bits per heavy atom. The molecule has 1 unspecified atom stereocenters. The minimum Gasteiger partial charge on any atom is -0.481 e. The van der Waals surface area contributed by atoms with E-state index in [2.05, 4.69) is 5.10 Å². The minimum atomic E-state index is -3.37. The predicted octanol–water partition coefficient (Wildman–Crippen LogP) is 0.161. The summed E-state index contributed by atoms with van der Waals surface area (Å²) in [6, 6.07) is 1.70.